The van der Waals surface area contributed by atoms with Crippen molar-refractivity contribution in [3.63, 3.8) is 0 Å². The summed E-state index contributed by atoms with van der Waals surface area (Å²) in [6.07, 6.45) is 7.19. The molecule has 2 fully saturated rings. The molecule has 1 aliphatic carbocycles. The fourth-order valence-electron chi connectivity index (χ4n) is 4.79. The number of hydrogen-bond acceptors (Lipinski definition) is 4. The minimum Gasteiger partial charge on any atom is -0.467 e. The summed E-state index contributed by atoms with van der Waals surface area (Å²) in [6, 6.07) is 11.8. The predicted molar refractivity (Wildman–Crippen MR) is 120 cm³/mol. The van der Waals surface area contributed by atoms with Crippen LogP contribution in [-0.2, 0) is 16.1 Å². The molecule has 1 saturated carbocycles. The molecule has 0 unspecified atom stereocenters. The van der Waals surface area contributed by atoms with Crippen molar-refractivity contribution in [2.24, 2.45) is 11.8 Å². The van der Waals surface area contributed by atoms with Crippen LogP contribution in [0.15, 0.2) is 53.1 Å². The SMILES string of the molecule is O=C(N[C@@H](C(=O)NCc1ccco1)C1CCN(C(=O)C2CCCC2)CC1)c1ccccc1. The molecule has 2 N–H and O–H groups in total. The molecule has 7 heteroatoms. The van der Waals surface area contributed by atoms with E-state index in [1.807, 2.05) is 11.0 Å². The summed E-state index contributed by atoms with van der Waals surface area (Å²) >= 11 is 0. The first-order valence-electron chi connectivity index (χ1n) is 11.6. The highest BCUT2D eigenvalue weighted by Gasteiger charge is 2.35. The Hall–Kier alpha value is -3.09. The molecular weight excluding hydrogens is 406 g/mol. The van der Waals surface area contributed by atoms with Crippen molar-refractivity contribution in [3.05, 3.63) is 60.1 Å². The Kier molecular flexibility index (Phi) is 7.24. The van der Waals surface area contributed by atoms with Gasteiger partial charge in [0, 0.05) is 24.6 Å². The number of carbonyl (C=O) groups is 3. The lowest BCUT2D eigenvalue weighted by Crippen LogP contribution is -2.54. The van der Waals surface area contributed by atoms with Crippen molar-refractivity contribution >= 4 is 17.7 Å². The summed E-state index contributed by atoms with van der Waals surface area (Å²) in [7, 11) is 0. The van der Waals surface area contributed by atoms with E-state index >= 15 is 0 Å². The maximum atomic E-state index is 13.1. The van der Waals surface area contributed by atoms with Crippen LogP contribution in [0.1, 0.15) is 54.6 Å². The first kappa shape index (κ1) is 22.1. The number of likely N-dealkylation sites (tertiary alicyclic amines) is 1. The molecule has 32 heavy (non-hydrogen) atoms. The van der Waals surface area contributed by atoms with Gasteiger partial charge in [0.1, 0.15) is 11.8 Å². The van der Waals surface area contributed by atoms with Gasteiger partial charge in [-0.05, 0) is 55.9 Å². The third kappa shape index (κ3) is 5.39. The van der Waals surface area contributed by atoms with Gasteiger partial charge >= 0.3 is 0 Å². The summed E-state index contributed by atoms with van der Waals surface area (Å²) in [4.78, 5) is 40.6. The highest BCUT2D eigenvalue weighted by atomic mass is 16.3. The number of rotatable bonds is 7. The van der Waals surface area contributed by atoms with E-state index in [4.69, 9.17) is 4.42 Å². The van der Waals surface area contributed by atoms with E-state index in [2.05, 4.69) is 10.6 Å². The zero-order valence-corrected chi connectivity index (χ0v) is 18.3. The number of piperidine rings is 1. The van der Waals surface area contributed by atoms with E-state index in [1.165, 1.54) is 0 Å². The quantitative estimate of drug-likeness (QED) is 0.696. The molecule has 1 aliphatic heterocycles. The molecule has 2 heterocycles. The Balaban J connectivity index is 1.40. The van der Waals surface area contributed by atoms with Crippen LogP contribution in [-0.4, -0.2) is 41.8 Å². The number of amides is 3. The Morgan fingerprint density at radius 3 is 2.34 bits per heavy atom. The van der Waals surface area contributed by atoms with Crippen molar-refractivity contribution in [1.29, 1.82) is 0 Å². The standard InChI is InChI=1S/C25H31N3O4/c29-23(19-7-2-1-3-8-19)27-22(24(30)26-17-21-11-6-16-32-21)18-12-14-28(15-13-18)25(31)20-9-4-5-10-20/h1-3,6-8,11,16,18,20,22H,4-5,9-10,12-15,17H2,(H,26,30)(H,27,29)/t22-/m1/s1. The molecule has 2 aromatic rings. The van der Waals surface area contributed by atoms with Gasteiger partial charge in [-0.3, -0.25) is 14.4 Å². The summed E-state index contributed by atoms with van der Waals surface area (Å²) in [5.74, 6) is 0.541. The van der Waals surface area contributed by atoms with Gasteiger partial charge in [0.25, 0.3) is 5.91 Å². The number of hydrogen-bond donors (Lipinski definition) is 2. The summed E-state index contributed by atoms with van der Waals surface area (Å²) < 4.78 is 5.30. The lowest BCUT2D eigenvalue weighted by molar-refractivity contribution is -0.137. The molecule has 1 aromatic carbocycles. The molecular formula is C25H31N3O4. The number of furan rings is 1. The third-order valence-corrected chi connectivity index (χ3v) is 6.65. The molecule has 1 atom stereocenters. The molecule has 0 radical (unpaired) electrons. The van der Waals surface area contributed by atoms with Crippen LogP contribution in [0.25, 0.3) is 0 Å². The molecule has 170 valence electrons. The van der Waals surface area contributed by atoms with E-state index in [9.17, 15) is 14.4 Å². The predicted octanol–water partition coefficient (Wildman–Crippen LogP) is 3.12. The monoisotopic (exact) mass is 437 g/mol. The molecule has 1 saturated heterocycles. The van der Waals surface area contributed by atoms with E-state index in [1.54, 1.807) is 42.7 Å². The molecule has 0 spiro atoms. The van der Waals surface area contributed by atoms with Gasteiger partial charge in [0.05, 0.1) is 12.8 Å². The molecule has 3 amide bonds. The van der Waals surface area contributed by atoms with Gasteiger partial charge in [-0.15, -0.1) is 0 Å². The van der Waals surface area contributed by atoms with E-state index in [-0.39, 0.29) is 36.1 Å². The highest BCUT2D eigenvalue weighted by molar-refractivity contribution is 5.97. The normalized spacial score (nSPS) is 18.3. The van der Waals surface area contributed by atoms with Crippen LogP contribution in [0.3, 0.4) is 0 Å². The lowest BCUT2D eigenvalue weighted by atomic mass is 9.87. The smallest absolute Gasteiger partial charge is 0.251 e. The van der Waals surface area contributed by atoms with E-state index < -0.39 is 6.04 Å². The molecule has 4 rings (SSSR count). The van der Waals surface area contributed by atoms with Crippen molar-refractivity contribution < 1.29 is 18.8 Å². The molecule has 2 aliphatic rings. The minimum atomic E-state index is -0.665. The average molecular weight is 438 g/mol. The van der Waals surface area contributed by atoms with Crippen molar-refractivity contribution in [1.82, 2.24) is 15.5 Å². The zero-order chi connectivity index (χ0) is 22.3. The van der Waals surface area contributed by atoms with E-state index in [0.29, 0.717) is 37.3 Å². The average Bonchev–Trinajstić information content (AvgIpc) is 3.56. The van der Waals surface area contributed by atoms with Gasteiger partial charge in [-0.1, -0.05) is 31.0 Å². The first-order chi connectivity index (χ1) is 15.6. The lowest BCUT2D eigenvalue weighted by Gasteiger charge is -2.36. The van der Waals surface area contributed by atoms with Gasteiger partial charge in [0.15, 0.2) is 0 Å². The van der Waals surface area contributed by atoms with Gasteiger partial charge in [-0.2, -0.15) is 0 Å². The number of nitrogens with zero attached hydrogens (tertiary/aromatic N) is 1. The van der Waals surface area contributed by atoms with Crippen molar-refractivity contribution in [2.45, 2.75) is 51.1 Å². The summed E-state index contributed by atoms with van der Waals surface area (Å²) in [6.45, 7) is 1.52. The Labute approximate surface area is 188 Å². The maximum absolute atomic E-state index is 13.1. The van der Waals surface area contributed by atoms with Crippen LogP contribution in [0.2, 0.25) is 0 Å². The largest absolute Gasteiger partial charge is 0.467 e. The molecule has 7 nitrogen and oxygen atoms in total. The van der Waals surface area contributed by atoms with Crippen LogP contribution in [0.4, 0.5) is 0 Å². The second kappa shape index (κ2) is 10.5. The zero-order valence-electron chi connectivity index (χ0n) is 18.3. The fourth-order valence-corrected chi connectivity index (χ4v) is 4.79. The second-order valence-corrected chi connectivity index (χ2v) is 8.76. The topological polar surface area (TPSA) is 91.7 Å². The Morgan fingerprint density at radius 2 is 1.69 bits per heavy atom. The fraction of sp³-hybridized carbons (Fsp3) is 0.480. The minimum absolute atomic E-state index is 0.0353. The first-order valence-corrected chi connectivity index (χ1v) is 11.6. The third-order valence-electron chi connectivity index (χ3n) is 6.65. The van der Waals surface area contributed by atoms with E-state index in [0.717, 1.165) is 25.7 Å². The van der Waals surface area contributed by atoms with Crippen LogP contribution in [0.5, 0.6) is 0 Å². The van der Waals surface area contributed by atoms with Gasteiger partial charge < -0.3 is 20.0 Å². The van der Waals surface area contributed by atoms with Gasteiger partial charge in [-0.25, -0.2) is 0 Å². The van der Waals surface area contributed by atoms with Crippen LogP contribution >= 0.6 is 0 Å². The Morgan fingerprint density at radius 1 is 0.969 bits per heavy atom. The summed E-state index contributed by atoms with van der Waals surface area (Å²) in [5.41, 5.74) is 0.519. The van der Waals surface area contributed by atoms with Crippen LogP contribution in [0, 0.1) is 11.8 Å². The number of carbonyl (C=O) groups excluding carboxylic acids is 3. The highest BCUT2D eigenvalue weighted by Crippen LogP contribution is 2.29. The molecule has 1 aromatic heterocycles. The number of nitrogens with one attached hydrogen (secondary N) is 2. The molecule has 0 bridgehead atoms. The van der Waals surface area contributed by atoms with Crippen molar-refractivity contribution in [2.75, 3.05) is 13.1 Å². The maximum Gasteiger partial charge on any atom is 0.251 e. The van der Waals surface area contributed by atoms with Crippen LogP contribution < -0.4 is 10.6 Å². The number of benzene rings is 1. The van der Waals surface area contributed by atoms with Gasteiger partial charge in [0.2, 0.25) is 11.8 Å². The summed E-state index contributed by atoms with van der Waals surface area (Å²) in [5, 5.41) is 5.84. The van der Waals surface area contributed by atoms with Crippen molar-refractivity contribution in [3.8, 4) is 0 Å². The Bertz CT molecular complexity index is 899. The second-order valence-electron chi connectivity index (χ2n) is 8.76.